The van der Waals surface area contributed by atoms with Gasteiger partial charge in [0.2, 0.25) is 0 Å². The third-order valence-corrected chi connectivity index (χ3v) is 6.17. The van der Waals surface area contributed by atoms with E-state index in [-0.39, 0.29) is 0 Å². The first-order chi connectivity index (χ1) is 17.7. The molecule has 4 heteroatoms. The van der Waals surface area contributed by atoms with Crippen molar-refractivity contribution in [1.82, 2.24) is 9.78 Å². The van der Waals surface area contributed by atoms with E-state index in [1.165, 1.54) is 0 Å². The lowest BCUT2D eigenvalue weighted by Gasteiger charge is -2.14. The molecule has 0 aliphatic rings. The topological polar surface area (TPSA) is 55.1 Å². The first-order valence-corrected chi connectivity index (χ1v) is 12.0. The van der Waals surface area contributed by atoms with Gasteiger partial charge < -0.3 is 5.11 Å². The highest BCUT2D eigenvalue weighted by atomic mass is 16.4. The molecule has 0 spiro atoms. The van der Waals surface area contributed by atoms with Gasteiger partial charge in [-0.05, 0) is 41.3 Å². The van der Waals surface area contributed by atoms with Crippen molar-refractivity contribution < 1.29 is 9.90 Å². The van der Waals surface area contributed by atoms with E-state index in [1.54, 1.807) is 6.08 Å². The van der Waals surface area contributed by atoms with Crippen LogP contribution in [0.1, 0.15) is 18.2 Å². The number of para-hydroxylation sites is 1. The predicted octanol–water partition coefficient (Wildman–Crippen LogP) is 7.53. The fourth-order valence-corrected chi connectivity index (χ4v) is 4.56. The molecule has 1 N–H and O–H groups in total. The summed E-state index contributed by atoms with van der Waals surface area (Å²) in [6.07, 6.45) is 3.58. The summed E-state index contributed by atoms with van der Waals surface area (Å²) in [6, 6.07) is 36.8. The number of aliphatic carboxylic acids is 1. The third-order valence-electron chi connectivity index (χ3n) is 6.17. The number of hydrogen-bond donors (Lipinski definition) is 1. The van der Waals surface area contributed by atoms with Gasteiger partial charge in [0, 0.05) is 22.8 Å². The van der Waals surface area contributed by atoms with Gasteiger partial charge in [0.25, 0.3) is 0 Å². The van der Waals surface area contributed by atoms with Gasteiger partial charge in [0.15, 0.2) is 0 Å². The minimum Gasteiger partial charge on any atom is -0.478 e. The highest BCUT2D eigenvalue weighted by Crippen LogP contribution is 2.38. The lowest BCUT2D eigenvalue weighted by Crippen LogP contribution is -2.04. The van der Waals surface area contributed by atoms with Gasteiger partial charge in [-0.15, -0.1) is 0 Å². The van der Waals surface area contributed by atoms with E-state index in [9.17, 15) is 4.79 Å². The summed E-state index contributed by atoms with van der Waals surface area (Å²) in [7, 11) is 0. The molecule has 5 rings (SSSR count). The Labute approximate surface area is 210 Å². The molecule has 0 saturated carbocycles. The molecule has 0 amide bonds. The maximum absolute atomic E-state index is 11.0. The van der Waals surface area contributed by atoms with Gasteiger partial charge in [0.05, 0.1) is 11.4 Å². The molecule has 1 aromatic heterocycles. The first kappa shape index (κ1) is 23.1. The van der Waals surface area contributed by atoms with Crippen LogP contribution in [0, 0.1) is 0 Å². The summed E-state index contributed by atoms with van der Waals surface area (Å²) < 4.78 is 2.07. The van der Waals surface area contributed by atoms with Crippen molar-refractivity contribution in [2.75, 3.05) is 0 Å². The molecule has 0 unspecified atom stereocenters. The van der Waals surface area contributed by atoms with E-state index in [2.05, 4.69) is 60.1 Å². The van der Waals surface area contributed by atoms with Crippen molar-refractivity contribution in [1.29, 1.82) is 0 Å². The molecule has 0 aliphatic carbocycles. The molecular weight excluding hydrogens is 444 g/mol. The van der Waals surface area contributed by atoms with Crippen LogP contribution in [0.3, 0.4) is 0 Å². The maximum atomic E-state index is 11.0. The van der Waals surface area contributed by atoms with Gasteiger partial charge in [0.1, 0.15) is 5.69 Å². The van der Waals surface area contributed by atoms with Crippen molar-refractivity contribution in [3.05, 3.63) is 127 Å². The van der Waals surface area contributed by atoms with Crippen LogP contribution in [0.5, 0.6) is 0 Å². The van der Waals surface area contributed by atoms with Crippen molar-refractivity contribution in [2.45, 2.75) is 13.3 Å². The van der Waals surface area contributed by atoms with Crippen molar-refractivity contribution in [3.8, 4) is 39.2 Å². The second kappa shape index (κ2) is 10.3. The Morgan fingerprint density at radius 1 is 0.806 bits per heavy atom. The van der Waals surface area contributed by atoms with Crippen LogP contribution in [0.2, 0.25) is 0 Å². The second-order valence-electron chi connectivity index (χ2n) is 8.48. The molecule has 5 aromatic rings. The molecule has 0 bridgehead atoms. The Morgan fingerprint density at radius 2 is 1.44 bits per heavy atom. The number of rotatable bonds is 7. The van der Waals surface area contributed by atoms with Gasteiger partial charge in [-0.3, -0.25) is 0 Å². The number of aromatic nitrogens is 2. The third kappa shape index (κ3) is 4.62. The molecule has 4 aromatic carbocycles. The van der Waals surface area contributed by atoms with E-state index in [0.29, 0.717) is 0 Å². The second-order valence-corrected chi connectivity index (χ2v) is 8.48. The summed E-state index contributed by atoms with van der Waals surface area (Å²) in [5, 5.41) is 14.2. The highest BCUT2D eigenvalue weighted by molar-refractivity contribution is 5.86. The Balaban J connectivity index is 1.73. The smallest absolute Gasteiger partial charge is 0.328 e. The lowest BCUT2D eigenvalue weighted by molar-refractivity contribution is -0.131. The highest BCUT2D eigenvalue weighted by Gasteiger charge is 2.22. The van der Waals surface area contributed by atoms with Crippen LogP contribution in [0.25, 0.3) is 45.3 Å². The number of benzene rings is 4. The summed E-state index contributed by atoms with van der Waals surface area (Å²) in [4.78, 5) is 11.0. The largest absolute Gasteiger partial charge is 0.478 e. The van der Waals surface area contributed by atoms with Gasteiger partial charge >= 0.3 is 5.97 Å². The number of carboxylic acids is 1. The maximum Gasteiger partial charge on any atom is 0.328 e. The van der Waals surface area contributed by atoms with Crippen molar-refractivity contribution in [3.63, 3.8) is 0 Å². The lowest BCUT2D eigenvalue weighted by atomic mass is 9.97. The van der Waals surface area contributed by atoms with Crippen LogP contribution in [0.15, 0.2) is 115 Å². The Bertz CT molecular complexity index is 1530. The SMILES string of the molecule is CCc1c(-c2ccccc2)c(-c2ccccc2)nn1-c1ccccc1-c1cccc(C=CC(=O)O)c1. The molecule has 0 fully saturated rings. The molecule has 0 radical (unpaired) electrons. The normalized spacial score (nSPS) is 11.1. The number of hydrogen-bond acceptors (Lipinski definition) is 2. The van der Waals surface area contributed by atoms with E-state index >= 15 is 0 Å². The summed E-state index contributed by atoms with van der Waals surface area (Å²) in [5.41, 5.74) is 9.26. The Morgan fingerprint density at radius 3 is 2.14 bits per heavy atom. The van der Waals surface area contributed by atoms with Crippen LogP contribution in [-0.2, 0) is 11.2 Å². The molecule has 0 aliphatic heterocycles. The average Bonchev–Trinajstić information content (AvgIpc) is 3.32. The van der Waals surface area contributed by atoms with E-state index < -0.39 is 5.97 Å². The zero-order chi connectivity index (χ0) is 24.9. The molecule has 176 valence electrons. The first-order valence-electron chi connectivity index (χ1n) is 12.0. The quantitative estimate of drug-likeness (QED) is 0.250. The monoisotopic (exact) mass is 470 g/mol. The standard InChI is InChI=1S/C32H26N2O2/c1-2-28-31(24-13-5-3-6-14-24)32(25-15-7-4-8-16-25)33-34(28)29-19-10-9-18-27(29)26-17-11-12-23(22-26)20-21-30(35)36/h3-22H,2H2,1H3,(H,35,36). The number of carboxylic acid groups (broad SMARTS) is 1. The number of carbonyl (C=O) groups is 1. The summed E-state index contributed by atoms with van der Waals surface area (Å²) in [5.74, 6) is -0.966. The Kier molecular flexibility index (Phi) is 6.59. The van der Waals surface area contributed by atoms with E-state index in [1.807, 2.05) is 60.7 Å². The molecule has 0 saturated heterocycles. The van der Waals surface area contributed by atoms with Crippen LogP contribution < -0.4 is 0 Å². The van der Waals surface area contributed by atoms with Crippen LogP contribution in [-0.4, -0.2) is 20.9 Å². The summed E-state index contributed by atoms with van der Waals surface area (Å²) >= 11 is 0. The van der Waals surface area contributed by atoms with Crippen LogP contribution >= 0.6 is 0 Å². The number of nitrogens with zero attached hydrogens (tertiary/aromatic N) is 2. The average molecular weight is 471 g/mol. The fourth-order valence-electron chi connectivity index (χ4n) is 4.56. The minimum absolute atomic E-state index is 0.805. The zero-order valence-corrected chi connectivity index (χ0v) is 20.0. The molecular formula is C32H26N2O2. The van der Waals surface area contributed by atoms with Crippen LogP contribution in [0.4, 0.5) is 0 Å². The van der Waals surface area contributed by atoms with Gasteiger partial charge in [-0.2, -0.15) is 5.10 Å². The van der Waals surface area contributed by atoms with E-state index in [0.717, 1.165) is 63.0 Å². The molecule has 0 atom stereocenters. The van der Waals surface area contributed by atoms with Gasteiger partial charge in [-0.25, -0.2) is 9.48 Å². The summed E-state index contributed by atoms with van der Waals surface area (Å²) in [6.45, 7) is 2.16. The van der Waals surface area contributed by atoms with Crippen molar-refractivity contribution >= 4 is 12.0 Å². The minimum atomic E-state index is -0.966. The molecule has 36 heavy (non-hydrogen) atoms. The zero-order valence-electron chi connectivity index (χ0n) is 20.0. The molecule has 1 heterocycles. The molecule has 4 nitrogen and oxygen atoms in total. The van der Waals surface area contributed by atoms with Crippen molar-refractivity contribution in [2.24, 2.45) is 0 Å². The Hall–Kier alpha value is -4.70. The fraction of sp³-hybridized carbons (Fsp3) is 0.0625. The predicted molar refractivity (Wildman–Crippen MR) is 146 cm³/mol. The van der Waals surface area contributed by atoms with Gasteiger partial charge in [-0.1, -0.05) is 104 Å². The van der Waals surface area contributed by atoms with E-state index in [4.69, 9.17) is 10.2 Å².